The van der Waals surface area contributed by atoms with Crippen molar-refractivity contribution in [3.8, 4) is 11.4 Å². The molecule has 7 nitrogen and oxygen atoms in total. The van der Waals surface area contributed by atoms with E-state index in [2.05, 4.69) is 20.3 Å². The van der Waals surface area contributed by atoms with Gasteiger partial charge in [-0.15, -0.1) is 0 Å². The number of rotatable bonds is 5. The third kappa shape index (κ3) is 3.98. The molecule has 0 aliphatic carbocycles. The molecule has 3 heterocycles. The largest absolute Gasteiger partial charge is 0.497 e. The van der Waals surface area contributed by atoms with Crippen LogP contribution < -0.4 is 15.0 Å². The van der Waals surface area contributed by atoms with Crippen LogP contribution in [-0.4, -0.2) is 46.9 Å². The van der Waals surface area contributed by atoms with Gasteiger partial charge in [0.25, 0.3) is 5.91 Å². The number of aromatic nitrogens is 3. The zero-order valence-electron chi connectivity index (χ0n) is 15.8. The van der Waals surface area contributed by atoms with E-state index in [-0.39, 0.29) is 11.9 Å². The van der Waals surface area contributed by atoms with E-state index < -0.39 is 0 Å². The standard InChI is InChI=1S/C21H23N5O2/c1-28-18-7-5-17(6-8-18)26-15-11-19(24-26)21(27)23-16-9-13-25(14-10-16)20-4-2-3-12-22-20/h2-8,11-12,15-16H,9-10,13-14H2,1H3,(H,23,27). The van der Waals surface area contributed by atoms with E-state index in [4.69, 9.17) is 4.74 Å². The number of amides is 1. The van der Waals surface area contributed by atoms with Crippen molar-refractivity contribution in [3.63, 3.8) is 0 Å². The Balaban J connectivity index is 1.34. The van der Waals surface area contributed by atoms with Gasteiger partial charge in [0, 0.05) is 31.5 Å². The molecule has 4 rings (SSSR count). The molecule has 0 bridgehead atoms. The molecule has 1 aliphatic rings. The third-order valence-electron chi connectivity index (χ3n) is 4.96. The van der Waals surface area contributed by atoms with Crippen molar-refractivity contribution >= 4 is 11.7 Å². The van der Waals surface area contributed by atoms with Gasteiger partial charge in [-0.1, -0.05) is 6.07 Å². The SMILES string of the molecule is COc1ccc(-n2ccc(C(=O)NC3CCN(c4ccccn4)CC3)n2)cc1. The highest BCUT2D eigenvalue weighted by atomic mass is 16.5. The number of hydrogen-bond acceptors (Lipinski definition) is 5. The first-order chi connectivity index (χ1) is 13.7. The summed E-state index contributed by atoms with van der Waals surface area (Å²) >= 11 is 0. The average Bonchev–Trinajstić information content (AvgIpc) is 3.25. The predicted octanol–water partition coefficient (Wildman–Crippen LogP) is 2.67. The second-order valence-corrected chi connectivity index (χ2v) is 6.77. The van der Waals surface area contributed by atoms with Crippen molar-refractivity contribution in [2.75, 3.05) is 25.1 Å². The lowest BCUT2D eigenvalue weighted by Gasteiger charge is -2.33. The van der Waals surface area contributed by atoms with Crippen LogP contribution in [0.2, 0.25) is 0 Å². The van der Waals surface area contributed by atoms with Crippen LogP contribution in [-0.2, 0) is 0 Å². The molecule has 0 radical (unpaired) electrons. The fraction of sp³-hybridized carbons (Fsp3) is 0.286. The van der Waals surface area contributed by atoms with Crippen LogP contribution in [0.15, 0.2) is 60.9 Å². The minimum Gasteiger partial charge on any atom is -0.497 e. The summed E-state index contributed by atoms with van der Waals surface area (Å²) < 4.78 is 6.86. The quantitative estimate of drug-likeness (QED) is 0.740. The Kier molecular flexibility index (Phi) is 5.23. The van der Waals surface area contributed by atoms with Gasteiger partial charge < -0.3 is 15.0 Å². The summed E-state index contributed by atoms with van der Waals surface area (Å²) in [5.74, 6) is 1.64. The highest BCUT2D eigenvalue weighted by Gasteiger charge is 2.22. The van der Waals surface area contributed by atoms with Crippen molar-refractivity contribution in [1.29, 1.82) is 0 Å². The number of carbonyl (C=O) groups excluding carboxylic acids is 1. The van der Waals surface area contributed by atoms with Crippen LogP contribution in [0.1, 0.15) is 23.3 Å². The molecule has 1 amide bonds. The summed E-state index contributed by atoms with van der Waals surface area (Å²) in [6, 6.07) is 15.4. The molecule has 3 aromatic rings. The smallest absolute Gasteiger partial charge is 0.272 e. The van der Waals surface area contributed by atoms with Gasteiger partial charge in [0.15, 0.2) is 5.69 Å². The number of hydrogen-bond donors (Lipinski definition) is 1. The maximum absolute atomic E-state index is 12.6. The van der Waals surface area contributed by atoms with Gasteiger partial charge in [-0.2, -0.15) is 5.10 Å². The summed E-state index contributed by atoms with van der Waals surface area (Å²) in [5.41, 5.74) is 1.30. The minimum atomic E-state index is -0.136. The van der Waals surface area contributed by atoms with E-state index in [0.29, 0.717) is 5.69 Å². The number of nitrogens with zero attached hydrogens (tertiary/aromatic N) is 4. The lowest BCUT2D eigenvalue weighted by atomic mass is 10.0. The van der Waals surface area contributed by atoms with E-state index in [9.17, 15) is 4.79 Å². The van der Waals surface area contributed by atoms with Crippen LogP contribution in [0.5, 0.6) is 5.75 Å². The van der Waals surface area contributed by atoms with Gasteiger partial charge in [-0.05, 0) is 55.3 Å². The molecular formula is C21H23N5O2. The first-order valence-corrected chi connectivity index (χ1v) is 9.40. The summed E-state index contributed by atoms with van der Waals surface area (Å²) in [7, 11) is 1.63. The topological polar surface area (TPSA) is 72.3 Å². The third-order valence-corrected chi connectivity index (χ3v) is 4.96. The molecule has 1 saturated heterocycles. The van der Waals surface area contributed by atoms with Gasteiger partial charge >= 0.3 is 0 Å². The van der Waals surface area contributed by atoms with Gasteiger partial charge in [0.05, 0.1) is 12.8 Å². The Morgan fingerprint density at radius 3 is 2.57 bits per heavy atom. The fourth-order valence-corrected chi connectivity index (χ4v) is 3.38. The number of nitrogens with one attached hydrogen (secondary N) is 1. The molecule has 0 unspecified atom stereocenters. The van der Waals surface area contributed by atoms with Gasteiger partial charge in [-0.25, -0.2) is 9.67 Å². The van der Waals surface area contributed by atoms with Gasteiger partial charge in [-0.3, -0.25) is 4.79 Å². The van der Waals surface area contributed by atoms with Crippen molar-refractivity contribution in [3.05, 3.63) is 66.6 Å². The Morgan fingerprint density at radius 1 is 1.11 bits per heavy atom. The highest BCUT2D eigenvalue weighted by molar-refractivity contribution is 5.92. The van der Waals surface area contributed by atoms with Crippen LogP contribution in [0, 0.1) is 0 Å². The fourth-order valence-electron chi connectivity index (χ4n) is 3.38. The van der Waals surface area contributed by atoms with Crippen molar-refractivity contribution in [1.82, 2.24) is 20.1 Å². The number of anilines is 1. The molecule has 2 aromatic heterocycles. The lowest BCUT2D eigenvalue weighted by molar-refractivity contribution is 0.0925. The van der Waals surface area contributed by atoms with Crippen LogP contribution >= 0.6 is 0 Å². The number of pyridine rings is 1. The summed E-state index contributed by atoms with van der Waals surface area (Å²) in [6.07, 6.45) is 5.38. The predicted molar refractivity (Wildman–Crippen MR) is 107 cm³/mol. The number of benzene rings is 1. The Morgan fingerprint density at radius 2 is 1.89 bits per heavy atom. The molecule has 1 N–H and O–H groups in total. The minimum absolute atomic E-state index is 0.136. The number of piperidine rings is 1. The zero-order chi connectivity index (χ0) is 19.3. The molecule has 0 atom stereocenters. The molecule has 144 valence electrons. The number of ether oxygens (including phenoxy) is 1. The molecule has 1 aromatic carbocycles. The molecular weight excluding hydrogens is 354 g/mol. The summed E-state index contributed by atoms with van der Waals surface area (Å²) in [4.78, 5) is 19.2. The Hall–Kier alpha value is -3.35. The Labute approximate surface area is 164 Å². The maximum Gasteiger partial charge on any atom is 0.272 e. The summed E-state index contributed by atoms with van der Waals surface area (Å²) in [5, 5.41) is 7.52. The van der Waals surface area contributed by atoms with E-state index in [0.717, 1.165) is 43.2 Å². The first-order valence-electron chi connectivity index (χ1n) is 9.40. The Bertz CT molecular complexity index is 915. The van der Waals surface area contributed by atoms with E-state index in [1.54, 1.807) is 24.1 Å². The molecule has 1 aliphatic heterocycles. The molecule has 7 heteroatoms. The van der Waals surface area contributed by atoms with Gasteiger partial charge in [0.1, 0.15) is 11.6 Å². The zero-order valence-corrected chi connectivity index (χ0v) is 15.8. The van der Waals surface area contributed by atoms with Gasteiger partial charge in [0.2, 0.25) is 0 Å². The second-order valence-electron chi connectivity index (χ2n) is 6.77. The number of methoxy groups -OCH3 is 1. The van der Waals surface area contributed by atoms with Crippen molar-refractivity contribution in [2.24, 2.45) is 0 Å². The average molecular weight is 377 g/mol. The van der Waals surface area contributed by atoms with E-state index in [1.165, 1.54) is 0 Å². The van der Waals surface area contributed by atoms with Crippen LogP contribution in [0.3, 0.4) is 0 Å². The first kappa shape index (κ1) is 18.0. The lowest BCUT2D eigenvalue weighted by Crippen LogP contribution is -2.45. The van der Waals surface area contributed by atoms with Crippen molar-refractivity contribution < 1.29 is 9.53 Å². The molecule has 1 fully saturated rings. The van der Waals surface area contributed by atoms with Crippen LogP contribution in [0.25, 0.3) is 5.69 Å². The molecule has 0 spiro atoms. The summed E-state index contributed by atoms with van der Waals surface area (Å²) in [6.45, 7) is 1.75. The van der Waals surface area contributed by atoms with Crippen molar-refractivity contribution in [2.45, 2.75) is 18.9 Å². The number of carbonyl (C=O) groups is 1. The van der Waals surface area contributed by atoms with E-state index in [1.807, 2.05) is 48.7 Å². The normalized spacial score (nSPS) is 14.7. The maximum atomic E-state index is 12.6. The van der Waals surface area contributed by atoms with E-state index >= 15 is 0 Å². The highest BCUT2D eigenvalue weighted by Crippen LogP contribution is 2.18. The monoisotopic (exact) mass is 377 g/mol. The molecule has 28 heavy (non-hydrogen) atoms. The second kappa shape index (κ2) is 8.12. The molecule has 0 saturated carbocycles. The van der Waals surface area contributed by atoms with Crippen LogP contribution in [0.4, 0.5) is 5.82 Å².